The Labute approximate surface area is 240 Å². The quantitative estimate of drug-likeness (QED) is 0.177. The summed E-state index contributed by atoms with van der Waals surface area (Å²) in [5.74, 6) is -1.45. The van der Waals surface area contributed by atoms with Crippen molar-refractivity contribution >= 4 is 5.78 Å². The van der Waals surface area contributed by atoms with E-state index in [0.29, 0.717) is 0 Å². The fraction of sp³-hybridized carbons (Fsp3) is 0.265. The molecule has 0 amide bonds. The first kappa shape index (κ1) is 24.2. The minimum absolute atomic E-state index is 0.00983. The summed E-state index contributed by atoms with van der Waals surface area (Å²) in [6, 6.07) is 30.0. The van der Waals surface area contributed by atoms with Gasteiger partial charge in [-0.3, -0.25) is 4.79 Å². The molecule has 4 unspecified atom stereocenters. The first-order valence-electron chi connectivity index (χ1n) is 15.2. The predicted octanol–water partition coefficient (Wildman–Crippen LogP) is 3.07. The van der Waals surface area contributed by atoms with E-state index in [2.05, 4.69) is 0 Å². The summed E-state index contributed by atoms with van der Waals surface area (Å²) in [5, 5.41) is 59.9. The monoisotopic (exact) mass is 544 g/mol. The van der Waals surface area contributed by atoms with Gasteiger partial charge in [0.15, 0.2) is 11.4 Å². The van der Waals surface area contributed by atoms with Gasteiger partial charge in [0.25, 0.3) is 0 Å². The van der Waals surface area contributed by atoms with Gasteiger partial charge in [0.1, 0.15) is 17.3 Å². The van der Waals surface area contributed by atoms with Crippen molar-refractivity contribution in [3.05, 3.63) is 144 Å². The van der Waals surface area contributed by atoms with Crippen LogP contribution in [0.15, 0.2) is 121 Å². The van der Waals surface area contributed by atoms with E-state index >= 15 is 0 Å². The maximum absolute atomic E-state index is 14.6. The van der Waals surface area contributed by atoms with E-state index in [9.17, 15) is 33.1 Å². The molecule has 6 heteroatoms. The van der Waals surface area contributed by atoms with Crippen molar-refractivity contribution in [1.82, 2.24) is 0 Å². The summed E-state index contributed by atoms with van der Waals surface area (Å²) in [5.41, 5.74) is -10.4. The molecular weight excluding hydrogens is 504 g/mol. The van der Waals surface area contributed by atoms with Crippen LogP contribution in [0.2, 0.25) is 0 Å². The molecule has 4 aromatic carbocycles. The van der Waals surface area contributed by atoms with Crippen LogP contribution in [0.1, 0.15) is 27.7 Å². The van der Waals surface area contributed by atoms with Gasteiger partial charge in [0.05, 0.1) is 6.61 Å². The molecule has 5 N–H and O–H groups in total. The summed E-state index contributed by atoms with van der Waals surface area (Å²) >= 11 is 0. The van der Waals surface area contributed by atoms with E-state index in [1.165, 1.54) is 84.9 Å². The van der Waals surface area contributed by atoms with E-state index in [1.807, 2.05) is 0 Å². The molecule has 0 saturated carbocycles. The first-order valence-corrected chi connectivity index (χ1v) is 12.8. The molecule has 40 heavy (non-hydrogen) atoms. The number of rotatable bonds is 13. The zero-order valence-electron chi connectivity index (χ0n) is 25.8. The van der Waals surface area contributed by atoms with Gasteiger partial charge in [-0.05, 0) is 22.3 Å². The van der Waals surface area contributed by atoms with E-state index in [4.69, 9.17) is 2.74 Å². The highest BCUT2D eigenvalue weighted by Crippen LogP contribution is 2.43. The Kier molecular flexibility index (Phi) is 7.66. The van der Waals surface area contributed by atoms with Crippen LogP contribution >= 0.6 is 0 Å². The Morgan fingerprint density at radius 3 is 1.43 bits per heavy atom. The van der Waals surface area contributed by atoms with Crippen molar-refractivity contribution in [3.63, 3.8) is 0 Å². The number of hydrogen-bond donors (Lipinski definition) is 5. The molecule has 0 aliphatic heterocycles. The van der Waals surface area contributed by atoms with E-state index in [1.54, 1.807) is 36.4 Å². The zero-order valence-corrected chi connectivity index (χ0v) is 21.8. The molecule has 0 spiro atoms. The summed E-state index contributed by atoms with van der Waals surface area (Å²) in [6.07, 6.45) is -10.7. The second-order valence-electron chi connectivity index (χ2n) is 9.64. The Balaban J connectivity index is 2.12. The topological polar surface area (TPSA) is 118 Å². The highest BCUT2D eigenvalue weighted by atomic mass is 16.4. The van der Waals surface area contributed by atoms with Crippen LogP contribution < -0.4 is 0 Å². The average Bonchev–Trinajstić information content (AvgIpc) is 3.09. The number of carbonyl (C=O) groups excluding carboxylic acids is 1. The van der Waals surface area contributed by atoms with Gasteiger partial charge >= 0.3 is 0 Å². The number of hydrogen-bond acceptors (Lipinski definition) is 6. The molecule has 0 fully saturated rings. The van der Waals surface area contributed by atoms with Gasteiger partial charge in [0.2, 0.25) is 0 Å². The number of Topliss-reactive ketones (excluding diaryl/α,β-unsaturated/α-hetero) is 1. The molecule has 8 atom stereocenters. The van der Waals surface area contributed by atoms with Gasteiger partial charge in [-0.15, -0.1) is 0 Å². The fourth-order valence-electron chi connectivity index (χ4n) is 4.69. The van der Waals surface area contributed by atoms with Crippen molar-refractivity contribution in [3.8, 4) is 0 Å². The smallest absolute Gasteiger partial charge is 0.172 e. The number of aliphatic hydroxyl groups is 5. The van der Waals surface area contributed by atoms with Crippen molar-refractivity contribution in [1.29, 1.82) is 0 Å². The van der Waals surface area contributed by atoms with Crippen molar-refractivity contribution in [2.45, 2.75) is 48.5 Å². The Morgan fingerprint density at radius 1 is 0.625 bits per heavy atom. The van der Waals surface area contributed by atoms with Crippen LogP contribution in [0.3, 0.4) is 0 Å². The van der Waals surface area contributed by atoms with Crippen LogP contribution in [0, 0.1) is 0 Å². The molecule has 208 valence electrons. The molecule has 0 aliphatic carbocycles. The highest BCUT2D eigenvalue weighted by Gasteiger charge is 2.66. The molecule has 0 aromatic heterocycles. The second-order valence-corrected chi connectivity index (χ2v) is 9.64. The van der Waals surface area contributed by atoms with Crippen LogP contribution in [0.25, 0.3) is 0 Å². The molecule has 0 aliphatic rings. The van der Waals surface area contributed by atoms with Gasteiger partial charge in [0, 0.05) is 31.1 Å². The molecule has 0 heterocycles. The Hall–Kier alpha value is -3.65. The minimum atomic E-state index is -3.60. The van der Waals surface area contributed by atoms with E-state index in [0.717, 1.165) is 0 Å². The van der Waals surface area contributed by atoms with Gasteiger partial charge in [-0.2, -0.15) is 0 Å². The second kappa shape index (κ2) is 12.7. The van der Waals surface area contributed by atoms with Gasteiger partial charge < -0.3 is 25.5 Å². The van der Waals surface area contributed by atoms with Crippen molar-refractivity contribution in [2.24, 2.45) is 0 Å². The van der Waals surface area contributed by atoms with Crippen LogP contribution in [0.4, 0.5) is 0 Å². The molecule has 0 bridgehead atoms. The average molecular weight is 545 g/mol. The normalized spacial score (nSPS) is 21.3. The zero-order chi connectivity index (χ0) is 32.1. The number of carbonyl (C=O) groups is 1. The van der Waals surface area contributed by atoms with Gasteiger partial charge in [-0.1, -0.05) is 121 Å². The lowest BCUT2D eigenvalue weighted by atomic mass is 9.60. The summed E-state index contributed by atoms with van der Waals surface area (Å²) in [7, 11) is 0. The molecule has 0 saturated heterocycles. The number of benzene rings is 4. The third kappa shape index (κ3) is 6.07. The van der Waals surface area contributed by atoms with Crippen molar-refractivity contribution in [2.75, 3.05) is 6.61 Å². The third-order valence-corrected chi connectivity index (χ3v) is 6.88. The van der Waals surface area contributed by atoms with E-state index < -0.39 is 60.9 Å². The molecular formula is C34H36O6. The van der Waals surface area contributed by atoms with Gasteiger partial charge in [-0.25, -0.2) is 0 Å². The van der Waals surface area contributed by atoms with Crippen LogP contribution in [-0.4, -0.2) is 60.8 Å². The minimum Gasteiger partial charge on any atom is -0.394 e. The predicted molar refractivity (Wildman–Crippen MR) is 154 cm³/mol. The molecule has 4 aromatic rings. The first-order chi connectivity index (χ1) is 21.0. The van der Waals surface area contributed by atoms with Crippen LogP contribution in [-0.2, 0) is 30.4 Å². The number of aliphatic hydroxyl groups excluding tert-OH is 2. The lowest BCUT2D eigenvalue weighted by Crippen LogP contribution is -2.77. The largest absolute Gasteiger partial charge is 0.394 e. The fourth-order valence-corrected chi connectivity index (χ4v) is 4.69. The van der Waals surface area contributed by atoms with Crippen LogP contribution in [0.5, 0.6) is 0 Å². The van der Waals surface area contributed by atoms with Crippen molar-refractivity contribution < 1.29 is 35.8 Å². The summed E-state index contributed by atoms with van der Waals surface area (Å²) in [4.78, 5) is 14.6. The SMILES string of the molecule is [2H]C(C(=O)[C@@](O)(C([2H])c1ccccc1)[C@](O)(C([2H])c1ccccc1)[C@](O)(C([2H])c1ccccc1)[C@H](O)CO)c1ccccc1. The molecule has 6 nitrogen and oxygen atoms in total. The van der Waals surface area contributed by atoms with E-state index in [-0.39, 0.29) is 22.3 Å². The summed E-state index contributed by atoms with van der Waals surface area (Å²) in [6.45, 7) is -1.25. The lowest BCUT2D eigenvalue weighted by molar-refractivity contribution is -0.269. The lowest BCUT2D eigenvalue weighted by Gasteiger charge is -2.53. The number of ketones is 1. The standard InChI is InChI=1S/C34H36O6/c35-25-31(37)33(39,23-28-17-9-3-10-18-28)34(40,24-29-19-11-4-12-20-29)32(38,22-27-15-7-2-8-16-27)30(36)21-26-13-5-1-6-14-26/h1-20,31,35,37-40H,21-25H2/t31-,32+,33+,34-/m1/s1/i21D,22D,23D,24D/t21?,22?,23?,24?,31-,32+,33+,34-. The maximum atomic E-state index is 14.6. The summed E-state index contributed by atoms with van der Waals surface area (Å²) < 4.78 is 36.7. The maximum Gasteiger partial charge on any atom is 0.172 e. The highest BCUT2D eigenvalue weighted by molar-refractivity contribution is 5.91. The Bertz CT molecular complexity index is 1500. The third-order valence-electron chi connectivity index (χ3n) is 6.88. The Morgan fingerprint density at radius 2 is 1.00 bits per heavy atom. The molecule has 4 rings (SSSR count). The molecule has 0 radical (unpaired) electrons.